The average molecular weight is 404 g/mol. The summed E-state index contributed by atoms with van der Waals surface area (Å²) in [6.07, 6.45) is 0. The minimum Gasteiger partial charge on any atom is -0.355 e. The van der Waals surface area contributed by atoms with Crippen LogP contribution in [0.2, 0.25) is 0 Å². The summed E-state index contributed by atoms with van der Waals surface area (Å²) in [5, 5.41) is 12.8. The number of carbonyl (C=O) groups excluding carboxylic acids is 1. The summed E-state index contributed by atoms with van der Waals surface area (Å²) < 4.78 is 13.5. The Balaban J connectivity index is 1.76. The lowest BCUT2D eigenvalue weighted by Gasteiger charge is -2.11. The fraction of sp³-hybridized carbons (Fsp3) is 0.350. The minimum atomic E-state index is -0.199. The highest BCUT2D eigenvalue weighted by molar-refractivity contribution is 8.00. The molecule has 142 valence electrons. The molecule has 0 saturated heterocycles. The van der Waals surface area contributed by atoms with Gasteiger partial charge in [0, 0.05) is 23.7 Å². The van der Waals surface area contributed by atoms with E-state index in [4.69, 9.17) is 0 Å². The van der Waals surface area contributed by atoms with E-state index < -0.39 is 0 Å². The fourth-order valence-corrected chi connectivity index (χ4v) is 4.15. The van der Waals surface area contributed by atoms with Crippen molar-refractivity contribution in [3.05, 3.63) is 58.0 Å². The molecule has 27 heavy (non-hydrogen) atoms. The van der Waals surface area contributed by atoms with E-state index in [-0.39, 0.29) is 17.5 Å². The maximum absolute atomic E-state index is 13.5. The van der Waals surface area contributed by atoms with Crippen LogP contribution < -0.4 is 5.32 Å². The second kappa shape index (κ2) is 10.3. The van der Waals surface area contributed by atoms with E-state index >= 15 is 0 Å². The number of thioether (sulfide) groups is 2. The van der Waals surface area contributed by atoms with Gasteiger partial charge in [-0.2, -0.15) is 17.0 Å². The van der Waals surface area contributed by atoms with E-state index in [0.29, 0.717) is 34.2 Å². The Morgan fingerprint density at radius 3 is 2.70 bits per heavy atom. The van der Waals surface area contributed by atoms with Crippen molar-refractivity contribution in [1.29, 1.82) is 5.26 Å². The van der Waals surface area contributed by atoms with Gasteiger partial charge in [0.1, 0.15) is 16.9 Å². The first-order valence-corrected chi connectivity index (χ1v) is 10.7. The number of hydrogen-bond donors (Lipinski definition) is 1. The fourth-order valence-electron chi connectivity index (χ4n) is 2.39. The number of nitrogens with one attached hydrogen (secondary N) is 1. The molecule has 1 aromatic heterocycles. The van der Waals surface area contributed by atoms with Crippen LogP contribution in [0.1, 0.15) is 27.9 Å². The molecule has 0 aliphatic heterocycles. The van der Waals surface area contributed by atoms with Crippen molar-refractivity contribution < 1.29 is 9.18 Å². The molecule has 0 radical (unpaired) electrons. The van der Waals surface area contributed by atoms with Gasteiger partial charge in [0.05, 0.1) is 11.3 Å². The van der Waals surface area contributed by atoms with Crippen molar-refractivity contribution in [3.63, 3.8) is 0 Å². The summed E-state index contributed by atoms with van der Waals surface area (Å²) in [5.41, 5.74) is 4.00. The molecule has 4 nitrogen and oxygen atoms in total. The number of halogens is 1. The lowest BCUT2D eigenvalue weighted by molar-refractivity contribution is -0.118. The summed E-state index contributed by atoms with van der Waals surface area (Å²) >= 11 is 2.85. The van der Waals surface area contributed by atoms with Crippen molar-refractivity contribution in [3.8, 4) is 6.07 Å². The molecule has 7 heteroatoms. The molecule has 1 N–H and O–H groups in total. The number of amides is 1. The third kappa shape index (κ3) is 5.98. The Morgan fingerprint density at radius 2 is 2.00 bits per heavy atom. The largest absolute Gasteiger partial charge is 0.355 e. The number of pyridine rings is 1. The zero-order chi connectivity index (χ0) is 19.8. The van der Waals surface area contributed by atoms with E-state index in [0.717, 1.165) is 16.8 Å². The predicted octanol–water partition coefficient (Wildman–Crippen LogP) is 4.16. The van der Waals surface area contributed by atoms with E-state index in [1.165, 1.54) is 17.8 Å². The average Bonchev–Trinajstić information content (AvgIpc) is 2.65. The van der Waals surface area contributed by atoms with Gasteiger partial charge in [0.15, 0.2) is 0 Å². The van der Waals surface area contributed by atoms with E-state index in [9.17, 15) is 14.4 Å². The lowest BCUT2D eigenvalue weighted by Crippen LogP contribution is -2.27. The molecular weight excluding hydrogens is 381 g/mol. The van der Waals surface area contributed by atoms with Crippen LogP contribution in [0.3, 0.4) is 0 Å². The zero-order valence-corrected chi connectivity index (χ0v) is 17.3. The normalized spacial score (nSPS) is 10.5. The molecule has 0 spiro atoms. The van der Waals surface area contributed by atoms with E-state index in [1.54, 1.807) is 23.9 Å². The van der Waals surface area contributed by atoms with Crippen molar-refractivity contribution in [2.75, 3.05) is 18.1 Å². The zero-order valence-electron chi connectivity index (χ0n) is 15.6. The molecule has 2 aromatic rings. The molecule has 2 rings (SSSR count). The molecule has 0 atom stereocenters. The van der Waals surface area contributed by atoms with Crippen LogP contribution in [0.15, 0.2) is 29.3 Å². The summed E-state index contributed by atoms with van der Waals surface area (Å²) in [4.78, 5) is 16.5. The molecule has 1 amide bonds. The quantitative estimate of drug-likeness (QED) is 0.530. The summed E-state index contributed by atoms with van der Waals surface area (Å²) in [6.45, 7) is 6.27. The first-order chi connectivity index (χ1) is 12.9. The van der Waals surface area contributed by atoms with Crippen LogP contribution in [-0.4, -0.2) is 28.9 Å². The highest BCUT2D eigenvalue weighted by Crippen LogP contribution is 2.26. The van der Waals surface area contributed by atoms with Crippen molar-refractivity contribution in [2.24, 2.45) is 0 Å². The summed E-state index contributed by atoms with van der Waals surface area (Å²) in [5.74, 6) is 1.19. The molecular formula is C20H22FN3OS2. The van der Waals surface area contributed by atoms with Gasteiger partial charge >= 0.3 is 0 Å². The Labute approximate surface area is 168 Å². The smallest absolute Gasteiger partial charge is 0.230 e. The van der Waals surface area contributed by atoms with Crippen molar-refractivity contribution in [1.82, 2.24) is 10.3 Å². The van der Waals surface area contributed by atoms with Crippen molar-refractivity contribution in [2.45, 2.75) is 31.6 Å². The Bertz CT molecular complexity index is 865. The van der Waals surface area contributed by atoms with Gasteiger partial charge in [-0.3, -0.25) is 4.79 Å². The molecule has 0 aliphatic rings. The SMILES string of the molecule is Cc1nc(SCC(=O)NCCSCc2ccccc2F)c(C#N)c(C)c1C. The molecule has 0 bridgehead atoms. The topological polar surface area (TPSA) is 65.8 Å². The Hall–Kier alpha value is -2.04. The Kier molecular flexibility index (Phi) is 8.14. The molecule has 0 saturated carbocycles. The first-order valence-electron chi connectivity index (χ1n) is 8.52. The number of carbonyl (C=O) groups is 1. The van der Waals surface area contributed by atoms with Crippen LogP contribution in [0.4, 0.5) is 4.39 Å². The second-order valence-corrected chi connectivity index (χ2v) is 8.09. The van der Waals surface area contributed by atoms with Gasteiger partial charge in [-0.15, -0.1) is 0 Å². The van der Waals surface area contributed by atoms with Crippen LogP contribution >= 0.6 is 23.5 Å². The molecule has 0 fully saturated rings. The summed E-state index contributed by atoms with van der Waals surface area (Å²) in [6, 6.07) is 8.89. The summed E-state index contributed by atoms with van der Waals surface area (Å²) in [7, 11) is 0. The van der Waals surface area contributed by atoms with Gasteiger partial charge < -0.3 is 5.32 Å². The maximum Gasteiger partial charge on any atom is 0.230 e. The molecule has 1 heterocycles. The van der Waals surface area contributed by atoms with Crippen LogP contribution in [0.5, 0.6) is 0 Å². The number of aryl methyl sites for hydroxylation is 1. The number of aromatic nitrogens is 1. The highest BCUT2D eigenvalue weighted by atomic mass is 32.2. The number of nitrogens with zero attached hydrogens (tertiary/aromatic N) is 2. The van der Waals surface area contributed by atoms with Gasteiger partial charge in [-0.05, 0) is 43.5 Å². The monoisotopic (exact) mass is 403 g/mol. The highest BCUT2D eigenvalue weighted by Gasteiger charge is 2.14. The third-order valence-corrected chi connectivity index (χ3v) is 6.18. The van der Waals surface area contributed by atoms with Gasteiger partial charge in [0.25, 0.3) is 0 Å². The van der Waals surface area contributed by atoms with E-state index in [1.807, 2.05) is 26.8 Å². The standard InChI is InChI=1S/C20H22FN3OS2/c1-13-14(2)17(10-22)20(24-15(13)3)27-12-19(25)23-8-9-26-11-16-6-4-5-7-18(16)21/h4-7H,8-9,11-12H2,1-3H3,(H,23,25). The van der Waals surface area contributed by atoms with Gasteiger partial charge in [0.2, 0.25) is 5.91 Å². The lowest BCUT2D eigenvalue weighted by atomic mass is 10.1. The van der Waals surface area contributed by atoms with E-state index in [2.05, 4.69) is 16.4 Å². The van der Waals surface area contributed by atoms with Gasteiger partial charge in [-0.25, -0.2) is 9.37 Å². The molecule has 0 aliphatic carbocycles. The number of benzene rings is 1. The number of hydrogen-bond acceptors (Lipinski definition) is 5. The van der Waals surface area contributed by atoms with Crippen LogP contribution in [0.25, 0.3) is 0 Å². The Morgan fingerprint density at radius 1 is 1.26 bits per heavy atom. The maximum atomic E-state index is 13.5. The number of rotatable bonds is 8. The first kappa shape index (κ1) is 21.3. The van der Waals surface area contributed by atoms with Crippen molar-refractivity contribution >= 4 is 29.4 Å². The van der Waals surface area contributed by atoms with Gasteiger partial charge in [-0.1, -0.05) is 30.0 Å². The molecule has 0 unspecified atom stereocenters. The number of nitriles is 1. The third-order valence-electron chi connectivity index (χ3n) is 4.20. The predicted molar refractivity (Wildman–Crippen MR) is 109 cm³/mol. The molecule has 1 aromatic carbocycles. The van der Waals surface area contributed by atoms with Crippen LogP contribution in [0, 0.1) is 37.9 Å². The second-order valence-electron chi connectivity index (χ2n) is 6.02. The van der Waals surface area contributed by atoms with Crippen LogP contribution in [-0.2, 0) is 10.5 Å². The minimum absolute atomic E-state index is 0.104.